The third-order valence-electron chi connectivity index (χ3n) is 2.97. The first-order chi connectivity index (χ1) is 7.81. The van der Waals surface area contributed by atoms with Gasteiger partial charge >= 0.3 is 5.97 Å². The average molecular weight is 238 g/mol. The first-order valence-electron chi connectivity index (χ1n) is 5.27. The van der Waals surface area contributed by atoms with E-state index in [1.165, 1.54) is 12.1 Å². The molecule has 1 aliphatic rings. The van der Waals surface area contributed by atoms with E-state index in [1.807, 2.05) is 0 Å². The zero-order valence-electron chi connectivity index (χ0n) is 9.60. The lowest BCUT2D eigenvalue weighted by atomic mass is 9.86. The fourth-order valence-electron chi connectivity index (χ4n) is 2.15. The minimum Gasteiger partial charge on any atom is -0.504 e. The van der Waals surface area contributed by atoms with Crippen LogP contribution in [-0.2, 0) is 21.6 Å². The fourth-order valence-corrected chi connectivity index (χ4v) is 2.15. The van der Waals surface area contributed by atoms with Crippen LogP contribution in [-0.4, -0.2) is 27.4 Å². The van der Waals surface area contributed by atoms with Gasteiger partial charge in [0, 0.05) is 6.42 Å². The summed E-state index contributed by atoms with van der Waals surface area (Å²) in [4.78, 5) is 11.0. The Morgan fingerprint density at radius 3 is 2.53 bits per heavy atom. The minimum absolute atomic E-state index is 0.182. The number of rotatable bonds is 1. The molecule has 1 heterocycles. The highest BCUT2D eigenvalue weighted by Gasteiger charge is 2.37. The van der Waals surface area contributed by atoms with Gasteiger partial charge in [0.1, 0.15) is 0 Å². The summed E-state index contributed by atoms with van der Waals surface area (Å²) in [5.41, 5.74) is 0.580. The Balaban J connectivity index is 2.52. The second-order valence-corrected chi connectivity index (χ2v) is 4.66. The molecule has 0 spiro atoms. The van der Waals surface area contributed by atoms with Crippen LogP contribution >= 0.6 is 0 Å². The highest BCUT2D eigenvalue weighted by atomic mass is 16.5. The largest absolute Gasteiger partial charge is 0.504 e. The molecule has 1 unspecified atom stereocenters. The quantitative estimate of drug-likeness (QED) is 0.643. The first-order valence-corrected chi connectivity index (χ1v) is 5.27. The molecule has 1 atom stereocenters. The number of aliphatic carboxylic acids is 1. The molecule has 0 saturated carbocycles. The van der Waals surface area contributed by atoms with Crippen LogP contribution in [0.4, 0.5) is 0 Å². The Labute approximate surface area is 98.3 Å². The molecule has 2 rings (SSSR count). The molecule has 0 saturated heterocycles. The lowest BCUT2D eigenvalue weighted by Gasteiger charge is -2.36. The third-order valence-corrected chi connectivity index (χ3v) is 2.97. The van der Waals surface area contributed by atoms with Crippen LogP contribution in [0.25, 0.3) is 0 Å². The summed E-state index contributed by atoms with van der Waals surface area (Å²) in [5.74, 6) is -1.50. The van der Waals surface area contributed by atoms with Gasteiger partial charge in [-0.15, -0.1) is 0 Å². The normalized spacial score (nSPS) is 21.9. The summed E-state index contributed by atoms with van der Waals surface area (Å²) in [7, 11) is 0. The summed E-state index contributed by atoms with van der Waals surface area (Å²) in [5, 5.41) is 27.9. The zero-order chi connectivity index (χ0) is 12.8. The Morgan fingerprint density at radius 2 is 1.94 bits per heavy atom. The van der Waals surface area contributed by atoms with Gasteiger partial charge in [0.25, 0.3) is 0 Å². The molecule has 0 aromatic heterocycles. The number of carboxylic acid groups (broad SMARTS) is 1. The van der Waals surface area contributed by atoms with E-state index in [9.17, 15) is 15.0 Å². The van der Waals surface area contributed by atoms with Gasteiger partial charge in [-0.05, 0) is 37.1 Å². The van der Waals surface area contributed by atoms with E-state index < -0.39 is 17.7 Å². The van der Waals surface area contributed by atoms with E-state index in [0.717, 1.165) is 0 Å². The third kappa shape index (κ3) is 1.93. The Bertz CT molecular complexity index is 478. The van der Waals surface area contributed by atoms with Crippen LogP contribution in [0.15, 0.2) is 12.1 Å². The van der Waals surface area contributed by atoms with Gasteiger partial charge < -0.3 is 20.1 Å². The Hall–Kier alpha value is -1.75. The molecule has 1 aromatic carbocycles. The summed E-state index contributed by atoms with van der Waals surface area (Å²) in [6.45, 7) is 3.47. The van der Waals surface area contributed by atoms with Crippen LogP contribution in [0.5, 0.6) is 11.5 Å². The number of phenolic OH excluding ortho intramolecular Hbond substituents is 2. The summed E-state index contributed by atoms with van der Waals surface area (Å²) < 4.78 is 5.46. The Morgan fingerprint density at radius 1 is 1.35 bits per heavy atom. The number of fused-ring (bicyclic) bond motifs is 1. The molecular weight excluding hydrogens is 224 g/mol. The second-order valence-electron chi connectivity index (χ2n) is 4.66. The number of hydrogen-bond acceptors (Lipinski definition) is 4. The lowest BCUT2D eigenvalue weighted by Crippen LogP contribution is -2.40. The number of hydrogen-bond donors (Lipinski definition) is 3. The summed E-state index contributed by atoms with van der Waals surface area (Å²) >= 11 is 0. The molecule has 17 heavy (non-hydrogen) atoms. The first kappa shape index (κ1) is 11.7. The zero-order valence-corrected chi connectivity index (χ0v) is 9.60. The predicted molar refractivity (Wildman–Crippen MR) is 59.0 cm³/mol. The molecule has 0 amide bonds. The van der Waals surface area contributed by atoms with E-state index in [2.05, 4.69) is 0 Å². The van der Waals surface area contributed by atoms with Gasteiger partial charge in [-0.3, -0.25) is 0 Å². The van der Waals surface area contributed by atoms with E-state index in [-0.39, 0.29) is 17.9 Å². The highest BCUT2D eigenvalue weighted by molar-refractivity contribution is 5.73. The van der Waals surface area contributed by atoms with Crippen molar-refractivity contribution in [3.05, 3.63) is 23.3 Å². The van der Waals surface area contributed by atoms with Crippen LogP contribution in [0, 0.1) is 0 Å². The van der Waals surface area contributed by atoms with Crippen molar-refractivity contribution in [2.75, 3.05) is 0 Å². The average Bonchev–Trinajstić information content (AvgIpc) is 2.20. The molecule has 1 aliphatic heterocycles. The number of phenols is 2. The van der Waals surface area contributed by atoms with Gasteiger partial charge in [-0.2, -0.15) is 0 Å². The van der Waals surface area contributed by atoms with Crippen molar-refractivity contribution in [3.63, 3.8) is 0 Å². The van der Waals surface area contributed by atoms with Crippen molar-refractivity contribution in [1.29, 1.82) is 0 Å². The van der Waals surface area contributed by atoms with Gasteiger partial charge in [0.2, 0.25) is 0 Å². The standard InChI is InChI=1S/C12H14O5/c1-12(2)7-5-9(14)8(13)3-6(7)4-10(17-12)11(15)16/h3,5,10,13-14H,4H2,1-2H3,(H,15,16). The molecule has 0 bridgehead atoms. The highest BCUT2D eigenvalue weighted by Crippen LogP contribution is 2.40. The minimum atomic E-state index is -1.03. The van der Waals surface area contributed by atoms with Crippen LogP contribution < -0.4 is 0 Å². The van der Waals surface area contributed by atoms with Gasteiger partial charge in [0.15, 0.2) is 17.6 Å². The van der Waals surface area contributed by atoms with Gasteiger partial charge in [-0.1, -0.05) is 0 Å². The maximum Gasteiger partial charge on any atom is 0.333 e. The monoisotopic (exact) mass is 238 g/mol. The fraction of sp³-hybridized carbons (Fsp3) is 0.417. The van der Waals surface area contributed by atoms with Gasteiger partial charge in [-0.25, -0.2) is 4.79 Å². The molecule has 0 radical (unpaired) electrons. The molecular formula is C12H14O5. The van der Waals surface area contributed by atoms with Crippen LogP contribution in [0.1, 0.15) is 25.0 Å². The van der Waals surface area contributed by atoms with Crippen molar-refractivity contribution < 1.29 is 24.9 Å². The summed E-state index contributed by atoms with van der Waals surface area (Å²) in [6.07, 6.45) is -0.747. The van der Waals surface area contributed by atoms with E-state index in [0.29, 0.717) is 11.1 Å². The Kier molecular flexibility index (Phi) is 2.50. The van der Waals surface area contributed by atoms with Crippen molar-refractivity contribution in [2.24, 2.45) is 0 Å². The van der Waals surface area contributed by atoms with E-state index >= 15 is 0 Å². The maximum atomic E-state index is 11.0. The number of carboxylic acids is 1. The second kappa shape index (κ2) is 3.63. The number of benzene rings is 1. The molecule has 0 fully saturated rings. The molecule has 5 heteroatoms. The smallest absolute Gasteiger partial charge is 0.333 e. The van der Waals surface area contributed by atoms with Crippen LogP contribution in [0.3, 0.4) is 0 Å². The van der Waals surface area contributed by atoms with Crippen molar-refractivity contribution in [2.45, 2.75) is 32.0 Å². The number of aromatic hydroxyl groups is 2. The molecule has 3 N–H and O–H groups in total. The summed E-state index contributed by atoms with van der Waals surface area (Å²) in [6, 6.07) is 2.81. The molecule has 92 valence electrons. The maximum absolute atomic E-state index is 11.0. The van der Waals surface area contributed by atoms with Gasteiger partial charge in [0.05, 0.1) is 5.60 Å². The van der Waals surface area contributed by atoms with E-state index in [4.69, 9.17) is 9.84 Å². The predicted octanol–water partition coefficient (Wildman–Crippen LogP) is 1.36. The van der Waals surface area contributed by atoms with E-state index in [1.54, 1.807) is 13.8 Å². The molecule has 0 aliphatic carbocycles. The lowest BCUT2D eigenvalue weighted by molar-refractivity contribution is -0.164. The molecule has 5 nitrogen and oxygen atoms in total. The van der Waals surface area contributed by atoms with Crippen LogP contribution in [0.2, 0.25) is 0 Å². The van der Waals surface area contributed by atoms with Crippen molar-refractivity contribution >= 4 is 5.97 Å². The SMILES string of the molecule is CC1(C)OC(C(=O)O)Cc2cc(O)c(O)cc21. The van der Waals surface area contributed by atoms with Crippen molar-refractivity contribution in [1.82, 2.24) is 0 Å². The van der Waals surface area contributed by atoms with Crippen molar-refractivity contribution in [3.8, 4) is 11.5 Å². The topological polar surface area (TPSA) is 87.0 Å². The number of ether oxygens (including phenoxy) is 1. The number of carbonyl (C=O) groups is 1. The molecule has 1 aromatic rings.